The highest BCUT2D eigenvalue weighted by Crippen LogP contribution is 2.20. The van der Waals surface area contributed by atoms with Gasteiger partial charge in [-0.25, -0.2) is 4.98 Å². The van der Waals surface area contributed by atoms with Crippen LogP contribution >= 0.6 is 11.3 Å². The van der Waals surface area contributed by atoms with Gasteiger partial charge in [-0.3, -0.25) is 9.59 Å². The van der Waals surface area contributed by atoms with Crippen molar-refractivity contribution in [3.05, 3.63) is 16.1 Å². The predicted octanol–water partition coefficient (Wildman–Crippen LogP) is 1.78. The SMILES string of the molecule is Cc1ncc(C(=O)N(CC(=O)O)C(C)(C)C)s1. The van der Waals surface area contributed by atoms with Gasteiger partial charge >= 0.3 is 5.97 Å². The van der Waals surface area contributed by atoms with E-state index in [-0.39, 0.29) is 12.5 Å². The second-order valence-electron chi connectivity index (χ2n) is 4.70. The molecule has 94 valence electrons. The van der Waals surface area contributed by atoms with Crippen molar-refractivity contribution in [3.8, 4) is 0 Å². The Labute approximate surface area is 104 Å². The number of hydrogen-bond donors (Lipinski definition) is 1. The van der Waals surface area contributed by atoms with Crippen LogP contribution < -0.4 is 0 Å². The van der Waals surface area contributed by atoms with Crippen LogP contribution in [-0.4, -0.2) is 39.0 Å². The van der Waals surface area contributed by atoms with Crippen LogP contribution in [0.15, 0.2) is 6.20 Å². The number of aromatic nitrogens is 1. The van der Waals surface area contributed by atoms with E-state index in [1.807, 2.05) is 20.8 Å². The highest BCUT2D eigenvalue weighted by atomic mass is 32.1. The summed E-state index contributed by atoms with van der Waals surface area (Å²) in [5, 5.41) is 9.63. The monoisotopic (exact) mass is 256 g/mol. The second kappa shape index (κ2) is 4.83. The van der Waals surface area contributed by atoms with Gasteiger partial charge in [0.05, 0.1) is 11.2 Å². The molecule has 0 saturated heterocycles. The van der Waals surface area contributed by atoms with Crippen molar-refractivity contribution in [1.29, 1.82) is 0 Å². The summed E-state index contributed by atoms with van der Waals surface area (Å²) in [5.41, 5.74) is -0.534. The molecule has 0 fully saturated rings. The molecule has 0 aliphatic carbocycles. The van der Waals surface area contributed by atoms with Gasteiger partial charge < -0.3 is 10.0 Å². The van der Waals surface area contributed by atoms with Gasteiger partial charge in [0.15, 0.2) is 0 Å². The van der Waals surface area contributed by atoms with Crippen LogP contribution in [0, 0.1) is 6.92 Å². The molecule has 1 amide bonds. The molecule has 6 heteroatoms. The van der Waals surface area contributed by atoms with E-state index < -0.39 is 11.5 Å². The van der Waals surface area contributed by atoms with Crippen LogP contribution in [0.25, 0.3) is 0 Å². The summed E-state index contributed by atoms with van der Waals surface area (Å²) in [7, 11) is 0. The van der Waals surface area contributed by atoms with Crippen molar-refractivity contribution >= 4 is 23.2 Å². The number of rotatable bonds is 3. The zero-order chi connectivity index (χ0) is 13.2. The Morgan fingerprint density at radius 3 is 2.41 bits per heavy atom. The Balaban J connectivity index is 2.99. The number of thiazole rings is 1. The highest BCUT2D eigenvalue weighted by Gasteiger charge is 2.30. The normalized spacial score (nSPS) is 11.3. The van der Waals surface area contributed by atoms with E-state index in [9.17, 15) is 9.59 Å². The smallest absolute Gasteiger partial charge is 0.323 e. The Morgan fingerprint density at radius 1 is 1.47 bits per heavy atom. The van der Waals surface area contributed by atoms with Crippen LogP contribution in [0.5, 0.6) is 0 Å². The van der Waals surface area contributed by atoms with Crippen molar-refractivity contribution in [2.24, 2.45) is 0 Å². The molecule has 17 heavy (non-hydrogen) atoms. The van der Waals surface area contributed by atoms with E-state index in [1.165, 1.54) is 22.4 Å². The molecular formula is C11H16N2O3S. The fraction of sp³-hybridized carbons (Fsp3) is 0.545. The lowest BCUT2D eigenvalue weighted by Gasteiger charge is -2.33. The minimum absolute atomic E-state index is 0.287. The van der Waals surface area contributed by atoms with Crippen LogP contribution in [0.4, 0.5) is 0 Å². The van der Waals surface area contributed by atoms with Crippen molar-refractivity contribution in [1.82, 2.24) is 9.88 Å². The van der Waals surface area contributed by atoms with Crippen molar-refractivity contribution in [2.45, 2.75) is 33.2 Å². The average molecular weight is 256 g/mol. The molecule has 0 saturated carbocycles. The zero-order valence-corrected chi connectivity index (χ0v) is 11.2. The molecule has 0 aliphatic rings. The molecule has 1 aromatic heterocycles. The van der Waals surface area contributed by atoms with Gasteiger partial charge in [0.2, 0.25) is 0 Å². The Morgan fingerprint density at radius 2 is 2.06 bits per heavy atom. The molecule has 1 heterocycles. The van der Waals surface area contributed by atoms with E-state index in [1.54, 1.807) is 6.92 Å². The highest BCUT2D eigenvalue weighted by molar-refractivity contribution is 7.13. The molecule has 1 rings (SSSR count). The van der Waals surface area contributed by atoms with Crippen LogP contribution in [0.3, 0.4) is 0 Å². The van der Waals surface area contributed by atoms with Gasteiger partial charge in [0, 0.05) is 5.54 Å². The molecule has 0 aliphatic heterocycles. The van der Waals surface area contributed by atoms with Crippen molar-refractivity contribution in [2.75, 3.05) is 6.54 Å². The van der Waals surface area contributed by atoms with Gasteiger partial charge in [0.1, 0.15) is 11.4 Å². The lowest BCUT2D eigenvalue weighted by atomic mass is 10.1. The molecule has 0 spiro atoms. The first-order chi connectivity index (χ1) is 7.71. The van der Waals surface area contributed by atoms with Crippen molar-refractivity contribution < 1.29 is 14.7 Å². The molecular weight excluding hydrogens is 240 g/mol. The van der Waals surface area contributed by atoms with Crippen molar-refractivity contribution in [3.63, 3.8) is 0 Å². The number of carboxylic acids is 1. The van der Waals surface area contributed by atoms with Crippen LogP contribution in [0.1, 0.15) is 35.5 Å². The van der Waals surface area contributed by atoms with E-state index in [0.29, 0.717) is 4.88 Å². The van der Waals surface area contributed by atoms with E-state index in [4.69, 9.17) is 5.11 Å². The summed E-state index contributed by atoms with van der Waals surface area (Å²) < 4.78 is 0. The maximum Gasteiger partial charge on any atom is 0.323 e. The summed E-state index contributed by atoms with van der Waals surface area (Å²) in [6, 6.07) is 0. The molecule has 0 radical (unpaired) electrons. The number of hydrogen-bond acceptors (Lipinski definition) is 4. The Bertz CT molecular complexity index is 434. The maximum absolute atomic E-state index is 12.2. The summed E-state index contributed by atoms with van der Waals surface area (Å²) in [5.74, 6) is -1.31. The first-order valence-electron chi connectivity index (χ1n) is 5.18. The minimum atomic E-state index is -1.02. The third-order valence-electron chi connectivity index (χ3n) is 2.18. The first kappa shape index (κ1) is 13.6. The number of carbonyl (C=O) groups excluding carboxylic acids is 1. The minimum Gasteiger partial charge on any atom is -0.480 e. The first-order valence-corrected chi connectivity index (χ1v) is 5.99. The molecule has 0 unspecified atom stereocenters. The molecule has 0 aromatic carbocycles. The standard InChI is InChI=1S/C11H16N2O3S/c1-7-12-5-8(17-7)10(16)13(6-9(14)15)11(2,3)4/h5H,6H2,1-4H3,(H,14,15). The average Bonchev–Trinajstić information content (AvgIpc) is 2.58. The number of carbonyl (C=O) groups is 2. The number of aryl methyl sites for hydroxylation is 1. The summed E-state index contributed by atoms with van der Waals surface area (Å²) >= 11 is 1.27. The van der Waals surface area contributed by atoms with Gasteiger partial charge in [-0.15, -0.1) is 11.3 Å². The summed E-state index contributed by atoms with van der Waals surface area (Å²) in [6.45, 7) is 6.92. The maximum atomic E-state index is 12.2. The van der Waals surface area contributed by atoms with Gasteiger partial charge in [-0.1, -0.05) is 0 Å². The molecule has 5 nitrogen and oxygen atoms in total. The third-order valence-corrected chi connectivity index (χ3v) is 3.08. The molecule has 1 N–H and O–H groups in total. The number of amides is 1. The van der Waals surface area contributed by atoms with E-state index in [0.717, 1.165) is 5.01 Å². The number of aliphatic carboxylic acids is 1. The summed E-state index contributed by atoms with van der Waals surface area (Å²) in [4.78, 5) is 28.8. The van der Waals surface area contributed by atoms with Gasteiger partial charge in [0.25, 0.3) is 5.91 Å². The van der Waals surface area contributed by atoms with Gasteiger partial charge in [-0.2, -0.15) is 0 Å². The predicted molar refractivity (Wildman–Crippen MR) is 65.3 cm³/mol. The quantitative estimate of drug-likeness (QED) is 0.894. The lowest BCUT2D eigenvalue weighted by Crippen LogP contribution is -2.48. The van der Waals surface area contributed by atoms with Gasteiger partial charge in [-0.05, 0) is 27.7 Å². The van der Waals surface area contributed by atoms with Crippen LogP contribution in [0.2, 0.25) is 0 Å². The van der Waals surface area contributed by atoms with Crippen LogP contribution in [-0.2, 0) is 4.79 Å². The lowest BCUT2D eigenvalue weighted by molar-refractivity contribution is -0.138. The zero-order valence-electron chi connectivity index (χ0n) is 10.4. The second-order valence-corrected chi connectivity index (χ2v) is 5.93. The number of nitrogens with zero attached hydrogens (tertiary/aromatic N) is 2. The Hall–Kier alpha value is -1.43. The molecule has 0 bridgehead atoms. The Kier molecular flexibility index (Phi) is 3.87. The summed E-state index contributed by atoms with van der Waals surface area (Å²) in [6.07, 6.45) is 1.49. The molecule has 1 aromatic rings. The fourth-order valence-corrected chi connectivity index (χ4v) is 2.07. The topological polar surface area (TPSA) is 70.5 Å². The third kappa shape index (κ3) is 3.52. The fourth-order valence-electron chi connectivity index (χ4n) is 1.34. The largest absolute Gasteiger partial charge is 0.480 e. The van der Waals surface area contributed by atoms with E-state index in [2.05, 4.69) is 4.98 Å². The van der Waals surface area contributed by atoms with E-state index >= 15 is 0 Å². The molecule has 0 atom stereocenters. The number of carboxylic acid groups (broad SMARTS) is 1.